The Kier molecular flexibility index (Phi) is 2.60. The average molecular weight is 264 g/mol. The van der Waals surface area contributed by atoms with Crippen LogP contribution in [0.4, 0.5) is 0 Å². The minimum atomic E-state index is 0.416. The molecule has 1 unspecified atom stereocenters. The van der Waals surface area contributed by atoms with Crippen LogP contribution in [0.1, 0.15) is 38.8 Å². The third-order valence-corrected chi connectivity index (χ3v) is 5.76. The van der Waals surface area contributed by atoms with E-state index in [4.69, 9.17) is 11.6 Å². The molecule has 18 heavy (non-hydrogen) atoms. The third-order valence-electron chi connectivity index (χ3n) is 5.52. The predicted octanol–water partition coefficient (Wildman–Crippen LogP) is 3.83. The van der Waals surface area contributed by atoms with E-state index in [2.05, 4.69) is 45.1 Å². The maximum Gasteiger partial charge on any atom is 0.0408 e. The van der Waals surface area contributed by atoms with Crippen LogP contribution in [-0.4, -0.2) is 12.1 Å². The normalized spacial score (nSPS) is 28.2. The van der Waals surface area contributed by atoms with E-state index in [1.54, 1.807) is 0 Å². The van der Waals surface area contributed by atoms with E-state index >= 15 is 0 Å². The first-order chi connectivity index (χ1) is 8.32. The molecule has 0 radical (unpaired) electrons. The Labute approximate surface area is 115 Å². The number of fused-ring (bicyclic) bond motifs is 1. The maximum atomic E-state index is 6.06. The molecular formula is C16H22ClN. The first kappa shape index (κ1) is 12.5. The largest absolute Gasteiger partial charge is 0.309 e. The fourth-order valence-corrected chi connectivity index (χ4v) is 3.75. The van der Waals surface area contributed by atoms with Gasteiger partial charge < -0.3 is 5.32 Å². The van der Waals surface area contributed by atoms with E-state index in [1.165, 1.54) is 11.1 Å². The van der Waals surface area contributed by atoms with Gasteiger partial charge in [0.15, 0.2) is 0 Å². The minimum Gasteiger partial charge on any atom is -0.309 e. The quantitative estimate of drug-likeness (QED) is 0.855. The smallest absolute Gasteiger partial charge is 0.0408 e. The molecular weight excluding hydrogens is 242 g/mol. The third kappa shape index (κ3) is 1.71. The number of nitrogens with one attached hydrogen (secondary N) is 1. The fourth-order valence-electron chi connectivity index (χ4n) is 3.55. The average Bonchev–Trinajstić information content (AvgIpc) is 2.64. The van der Waals surface area contributed by atoms with Gasteiger partial charge in [-0.3, -0.25) is 0 Å². The summed E-state index contributed by atoms with van der Waals surface area (Å²) >= 11 is 6.06. The van der Waals surface area contributed by atoms with Crippen molar-refractivity contribution in [3.8, 4) is 0 Å². The molecule has 1 N–H and O–H groups in total. The van der Waals surface area contributed by atoms with E-state index in [0.29, 0.717) is 22.9 Å². The van der Waals surface area contributed by atoms with Gasteiger partial charge in [0.2, 0.25) is 0 Å². The second kappa shape index (κ2) is 3.74. The molecule has 0 aliphatic heterocycles. The lowest BCUT2D eigenvalue weighted by Crippen LogP contribution is -2.34. The lowest BCUT2D eigenvalue weighted by Gasteiger charge is -2.13. The summed E-state index contributed by atoms with van der Waals surface area (Å²) in [6.07, 6.45) is 2.27. The number of benzene rings is 1. The SMILES string of the molecule is CC1(C)C(NC2Cc3ccc(Cl)cc3C2)C1(C)C. The molecule has 0 bridgehead atoms. The maximum absolute atomic E-state index is 6.06. The van der Waals surface area contributed by atoms with Gasteiger partial charge in [0.25, 0.3) is 0 Å². The summed E-state index contributed by atoms with van der Waals surface area (Å²) in [6.45, 7) is 9.46. The van der Waals surface area contributed by atoms with Crippen molar-refractivity contribution >= 4 is 11.6 Å². The fraction of sp³-hybridized carbons (Fsp3) is 0.625. The van der Waals surface area contributed by atoms with E-state index in [9.17, 15) is 0 Å². The van der Waals surface area contributed by atoms with Crippen molar-refractivity contribution in [2.24, 2.45) is 10.8 Å². The second-order valence-electron chi connectivity index (χ2n) is 7.06. The van der Waals surface area contributed by atoms with Crippen LogP contribution in [0.15, 0.2) is 18.2 Å². The summed E-state index contributed by atoms with van der Waals surface area (Å²) in [5, 5.41) is 4.72. The molecule has 0 aromatic heterocycles. The highest BCUT2D eigenvalue weighted by atomic mass is 35.5. The molecule has 98 valence electrons. The highest BCUT2D eigenvalue weighted by Gasteiger charge is 2.64. The van der Waals surface area contributed by atoms with Crippen LogP contribution in [0.25, 0.3) is 0 Å². The summed E-state index contributed by atoms with van der Waals surface area (Å²) < 4.78 is 0. The summed E-state index contributed by atoms with van der Waals surface area (Å²) in [7, 11) is 0. The first-order valence-corrected chi connectivity index (χ1v) is 7.23. The van der Waals surface area contributed by atoms with Crippen LogP contribution < -0.4 is 5.32 Å². The van der Waals surface area contributed by atoms with Gasteiger partial charge in [0.05, 0.1) is 0 Å². The molecule has 2 aliphatic rings. The van der Waals surface area contributed by atoms with E-state index in [0.717, 1.165) is 17.9 Å². The number of rotatable bonds is 2. The van der Waals surface area contributed by atoms with E-state index in [-0.39, 0.29) is 0 Å². The van der Waals surface area contributed by atoms with Gasteiger partial charge in [-0.1, -0.05) is 45.4 Å². The van der Waals surface area contributed by atoms with E-state index < -0.39 is 0 Å². The summed E-state index contributed by atoms with van der Waals surface area (Å²) in [4.78, 5) is 0. The molecule has 2 aliphatic carbocycles. The van der Waals surface area contributed by atoms with Crippen molar-refractivity contribution in [3.63, 3.8) is 0 Å². The summed E-state index contributed by atoms with van der Waals surface area (Å²) in [6, 6.07) is 7.54. The monoisotopic (exact) mass is 263 g/mol. The van der Waals surface area contributed by atoms with Crippen molar-refractivity contribution in [2.75, 3.05) is 0 Å². The van der Waals surface area contributed by atoms with Gasteiger partial charge >= 0.3 is 0 Å². The van der Waals surface area contributed by atoms with Gasteiger partial charge in [-0.25, -0.2) is 0 Å². The molecule has 0 heterocycles. The molecule has 1 atom stereocenters. The van der Waals surface area contributed by atoms with Gasteiger partial charge in [0.1, 0.15) is 0 Å². The van der Waals surface area contributed by atoms with Crippen molar-refractivity contribution < 1.29 is 0 Å². The highest BCUT2D eigenvalue weighted by Crippen LogP contribution is 2.62. The van der Waals surface area contributed by atoms with Crippen LogP contribution in [0.2, 0.25) is 5.02 Å². The van der Waals surface area contributed by atoms with Crippen molar-refractivity contribution in [1.82, 2.24) is 5.32 Å². The molecule has 3 rings (SSSR count). The Bertz CT molecular complexity index is 476. The summed E-state index contributed by atoms with van der Waals surface area (Å²) in [5.74, 6) is 0. The van der Waals surface area contributed by atoms with Crippen LogP contribution >= 0.6 is 11.6 Å². The van der Waals surface area contributed by atoms with E-state index in [1.807, 2.05) is 6.07 Å². The molecule has 1 fully saturated rings. The Balaban J connectivity index is 1.69. The van der Waals surface area contributed by atoms with Crippen LogP contribution in [-0.2, 0) is 12.8 Å². The zero-order valence-corrected chi connectivity index (χ0v) is 12.4. The van der Waals surface area contributed by atoms with Crippen molar-refractivity contribution in [1.29, 1.82) is 0 Å². The summed E-state index contributed by atoms with van der Waals surface area (Å²) in [5.41, 5.74) is 3.73. The number of hydrogen-bond acceptors (Lipinski definition) is 1. The molecule has 1 nitrogen and oxygen atoms in total. The molecule has 0 saturated heterocycles. The Morgan fingerprint density at radius 1 is 1.06 bits per heavy atom. The number of halogens is 1. The molecule has 1 saturated carbocycles. The molecule has 2 heteroatoms. The van der Waals surface area contributed by atoms with Crippen LogP contribution in [0.5, 0.6) is 0 Å². The van der Waals surface area contributed by atoms with Crippen LogP contribution in [0, 0.1) is 10.8 Å². The standard InChI is InChI=1S/C16H22ClN/c1-15(2)14(16(15,3)4)18-13-8-10-5-6-12(17)7-11(10)9-13/h5-7,13-14,18H,8-9H2,1-4H3. The van der Waals surface area contributed by atoms with Crippen molar-refractivity contribution in [3.05, 3.63) is 34.3 Å². The second-order valence-corrected chi connectivity index (χ2v) is 7.50. The minimum absolute atomic E-state index is 0.416. The zero-order chi connectivity index (χ0) is 13.1. The zero-order valence-electron chi connectivity index (χ0n) is 11.7. The Morgan fingerprint density at radius 3 is 2.28 bits per heavy atom. The molecule has 1 aromatic rings. The van der Waals surface area contributed by atoms with Gasteiger partial charge in [-0.15, -0.1) is 0 Å². The van der Waals surface area contributed by atoms with Crippen molar-refractivity contribution in [2.45, 2.75) is 52.6 Å². The van der Waals surface area contributed by atoms with Crippen LogP contribution in [0.3, 0.4) is 0 Å². The predicted molar refractivity (Wildman–Crippen MR) is 77.1 cm³/mol. The topological polar surface area (TPSA) is 12.0 Å². The lowest BCUT2D eigenvalue weighted by molar-refractivity contribution is 0.457. The Hall–Kier alpha value is -0.530. The van der Waals surface area contributed by atoms with Gasteiger partial charge in [-0.2, -0.15) is 0 Å². The van der Waals surface area contributed by atoms with Gasteiger partial charge in [0, 0.05) is 17.1 Å². The number of hydrogen-bond donors (Lipinski definition) is 1. The molecule has 0 amide bonds. The van der Waals surface area contributed by atoms with Gasteiger partial charge in [-0.05, 0) is 46.9 Å². The molecule has 0 spiro atoms. The highest BCUT2D eigenvalue weighted by molar-refractivity contribution is 6.30. The lowest BCUT2D eigenvalue weighted by atomic mass is 10.0. The Morgan fingerprint density at radius 2 is 1.67 bits per heavy atom. The molecule has 1 aromatic carbocycles. The first-order valence-electron chi connectivity index (χ1n) is 6.86.